The van der Waals surface area contributed by atoms with Gasteiger partial charge in [-0.2, -0.15) is 0 Å². The Morgan fingerprint density at radius 2 is 2.11 bits per heavy atom. The summed E-state index contributed by atoms with van der Waals surface area (Å²) in [6.07, 6.45) is 2.17. The van der Waals surface area contributed by atoms with Crippen LogP contribution in [0.3, 0.4) is 0 Å². The second-order valence-corrected chi connectivity index (χ2v) is 5.39. The van der Waals surface area contributed by atoms with Crippen LogP contribution in [-0.4, -0.2) is 18.5 Å². The standard InChI is InChI=1S/C15H23ClN2O/c1-3-12(10-17)9-15(19)18-11(2)8-13-6-4-5-7-14(13)16/h4-7,11-12H,3,8-10,17H2,1-2H3,(H,18,19). The molecule has 3 nitrogen and oxygen atoms in total. The minimum atomic E-state index is 0.0665. The highest BCUT2D eigenvalue weighted by Crippen LogP contribution is 2.16. The van der Waals surface area contributed by atoms with E-state index in [1.165, 1.54) is 0 Å². The number of hydrogen-bond donors (Lipinski definition) is 2. The Morgan fingerprint density at radius 3 is 2.68 bits per heavy atom. The van der Waals surface area contributed by atoms with Crippen LogP contribution >= 0.6 is 11.6 Å². The van der Waals surface area contributed by atoms with E-state index in [9.17, 15) is 4.79 Å². The van der Waals surface area contributed by atoms with Crippen molar-refractivity contribution in [3.05, 3.63) is 34.9 Å². The van der Waals surface area contributed by atoms with E-state index in [0.29, 0.717) is 13.0 Å². The summed E-state index contributed by atoms with van der Waals surface area (Å²) >= 11 is 6.10. The summed E-state index contributed by atoms with van der Waals surface area (Å²) in [7, 11) is 0. The predicted octanol–water partition coefficient (Wildman–Crippen LogP) is 2.76. The maximum Gasteiger partial charge on any atom is 0.220 e. The number of rotatable bonds is 7. The molecule has 0 heterocycles. The van der Waals surface area contributed by atoms with E-state index in [4.69, 9.17) is 17.3 Å². The molecule has 0 radical (unpaired) electrons. The Labute approximate surface area is 120 Å². The third-order valence-electron chi connectivity index (χ3n) is 3.28. The number of benzene rings is 1. The summed E-state index contributed by atoms with van der Waals surface area (Å²) in [5.41, 5.74) is 6.67. The zero-order valence-electron chi connectivity index (χ0n) is 11.7. The van der Waals surface area contributed by atoms with E-state index in [0.717, 1.165) is 23.4 Å². The summed E-state index contributed by atoms with van der Waals surface area (Å²) in [6.45, 7) is 4.60. The summed E-state index contributed by atoms with van der Waals surface area (Å²) in [6, 6.07) is 7.79. The minimum absolute atomic E-state index is 0.0665. The van der Waals surface area contributed by atoms with Crippen LogP contribution in [0.4, 0.5) is 0 Å². The molecule has 0 aliphatic carbocycles. The highest BCUT2D eigenvalue weighted by Gasteiger charge is 2.13. The number of carbonyl (C=O) groups excluding carboxylic acids is 1. The molecule has 1 rings (SSSR count). The van der Waals surface area contributed by atoms with Gasteiger partial charge in [-0.3, -0.25) is 4.79 Å². The maximum absolute atomic E-state index is 11.9. The maximum atomic E-state index is 11.9. The second-order valence-electron chi connectivity index (χ2n) is 4.98. The predicted molar refractivity (Wildman–Crippen MR) is 80.2 cm³/mol. The lowest BCUT2D eigenvalue weighted by Gasteiger charge is -2.17. The molecule has 0 bridgehead atoms. The summed E-state index contributed by atoms with van der Waals surface area (Å²) in [5.74, 6) is 0.337. The van der Waals surface area contributed by atoms with E-state index in [2.05, 4.69) is 12.2 Å². The van der Waals surface area contributed by atoms with Crippen molar-refractivity contribution >= 4 is 17.5 Å². The van der Waals surface area contributed by atoms with Crippen LogP contribution in [-0.2, 0) is 11.2 Å². The molecule has 2 atom stereocenters. The fraction of sp³-hybridized carbons (Fsp3) is 0.533. The van der Waals surface area contributed by atoms with Crippen LogP contribution in [0.5, 0.6) is 0 Å². The topological polar surface area (TPSA) is 55.1 Å². The van der Waals surface area contributed by atoms with Crippen molar-refractivity contribution in [3.63, 3.8) is 0 Å². The van der Waals surface area contributed by atoms with Crippen LogP contribution in [0.25, 0.3) is 0 Å². The molecule has 0 aliphatic rings. The fourth-order valence-electron chi connectivity index (χ4n) is 2.04. The molecule has 0 fully saturated rings. The average molecular weight is 283 g/mol. The van der Waals surface area contributed by atoms with Gasteiger partial charge >= 0.3 is 0 Å². The molecule has 1 amide bonds. The van der Waals surface area contributed by atoms with E-state index >= 15 is 0 Å². The highest BCUT2D eigenvalue weighted by molar-refractivity contribution is 6.31. The van der Waals surface area contributed by atoms with Crippen molar-refractivity contribution in [2.45, 2.75) is 39.2 Å². The zero-order valence-corrected chi connectivity index (χ0v) is 12.4. The highest BCUT2D eigenvalue weighted by atomic mass is 35.5. The van der Waals surface area contributed by atoms with Crippen molar-refractivity contribution in [2.24, 2.45) is 11.7 Å². The second kappa shape index (κ2) is 8.18. The lowest BCUT2D eigenvalue weighted by Crippen LogP contribution is -2.36. The van der Waals surface area contributed by atoms with Crippen LogP contribution in [0.15, 0.2) is 24.3 Å². The SMILES string of the molecule is CCC(CN)CC(=O)NC(C)Cc1ccccc1Cl. The number of amides is 1. The van der Waals surface area contributed by atoms with Crippen molar-refractivity contribution in [1.82, 2.24) is 5.32 Å². The largest absolute Gasteiger partial charge is 0.353 e. The zero-order chi connectivity index (χ0) is 14.3. The Hall–Kier alpha value is -1.06. The van der Waals surface area contributed by atoms with Gasteiger partial charge in [0.1, 0.15) is 0 Å². The van der Waals surface area contributed by atoms with Gasteiger partial charge in [0.2, 0.25) is 5.91 Å². The quantitative estimate of drug-likeness (QED) is 0.808. The van der Waals surface area contributed by atoms with E-state index < -0.39 is 0 Å². The lowest BCUT2D eigenvalue weighted by molar-refractivity contribution is -0.122. The number of hydrogen-bond acceptors (Lipinski definition) is 2. The molecule has 1 aromatic carbocycles. The van der Waals surface area contributed by atoms with Crippen molar-refractivity contribution in [1.29, 1.82) is 0 Å². The van der Waals surface area contributed by atoms with Crippen LogP contribution in [0, 0.1) is 5.92 Å². The van der Waals surface area contributed by atoms with Gasteiger partial charge in [-0.1, -0.05) is 43.1 Å². The number of halogens is 1. The first-order chi connectivity index (χ1) is 9.06. The molecule has 2 unspecified atom stereocenters. The average Bonchev–Trinajstić information content (AvgIpc) is 2.38. The number of nitrogens with one attached hydrogen (secondary N) is 1. The van der Waals surface area contributed by atoms with Crippen molar-refractivity contribution in [3.8, 4) is 0 Å². The van der Waals surface area contributed by atoms with Gasteiger partial charge in [-0.15, -0.1) is 0 Å². The Morgan fingerprint density at radius 1 is 1.42 bits per heavy atom. The molecule has 0 saturated heterocycles. The summed E-state index contributed by atoms with van der Waals surface area (Å²) in [4.78, 5) is 11.9. The molecular weight excluding hydrogens is 260 g/mol. The third-order valence-corrected chi connectivity index (χ3v) is 3.64. The van der Waals surface area contributed by atoms with E-state index in [1.54, 1.807) is 0 Å². The molecule has 4 heteroatoms. The molecule has 106 valence electrons. The molecular formula is C15H23ClN2O. The van der Waals surface area contributed by atoms with Crippen LogP contribution in [0.1, 0.15) is 32.3 Å². The molecule has 0 spiro atoms. The van der Waals surface area contributed by atoms with E-state index in [-0.39, 0.29) is 17.9 Å². The molecule has 0 aromatic heterocycles. The lowest BCUT2D eigenvalue weighted by atomic mass is 10.0. The van der Waals surface area contributed by atoms with E-state index in [1.807, 2.05) is 31.2 Å². The minimum Gasteiger partial charge on any atom is -0.353 e. The van der Waals surface area contributed by atoms with Gasteiger partial charge in [0.15, 0.2) is 0 Å². The Bertz CT molecular complexity index is 405. The van der Waals surface area contributed by atoms with Gasteiger partial charge in [-0.05, 0) is 37.4 Å². The van der Waals surface area contributed by atoms with Gasteiger partial charge in [-0.25, -0.2) is 0 Å². The molecule has 3 N–H and O–H groups in total. The summed E-state index contributed by atoms with van der Waals surface area (Å²) < 4.78 is 0. The fourth-order valence-corrected chi connectivity index (χ4v) is 2.25. The molecule has 0 saturated carbocycles. The molecule has 19 heavy (non-hydrogen) atoms. The third kappa shape index (κ3) is 5.62. The molecule has 0 aliphatic heterocycles. The van der Waals surface area contributed by atoms with Gasteiger partial charge < -0.3 is 11.1 Å². The monoisotopic (exact) mass is 282 g/mol. The first-order valence-electron chi connectivity index (χ1n) is 6.79. The van der Waals surface area contributed by atoms with Crippen molar-refractivity contribution < 1.29 is 4.79 Å². The molecule has 1 aromatic rings. The number of nitrogens with two attached hydrogens (primary N) is 1. The van der Waals surface area contributed by atoms with Crippen molar-refractivity contribution in [2.75, 3.05) is 6.54 Å². The van der Waals surface area contributed by atoms with Gasteiger partial charge in [0.05, 0.1) is 0 Å². The normalized spacial score (nSPS) is 13.9. The Kier molecular flexibility index (Phi) is 6.89. The smallest absolute Gasteiger partial charge is 0.220 e. The first kappa shape index (κ1) is 16.0. The van der Waals surface area contributed by atoms with Crippen LogP contribution in [0.2, 0.25) is 5.02 Å². The number of carbonyl (C=O) groups is 1. The first-order valence-corrected chi connectivity index (χ1v) is 7.17. The Balaban J connectivity index is 2.45. The summed E-state index contributed by atoms with van der Waals surface area (Å²) in [5, 5.41) is 3.75. The van der Waals surface area contributed by atoms with Gasteiger partial charge in [0, 0.05) is 17.5 Å². The van der Waals surface area contributed by atoms with Crippen LogP contribution < -0.4 is 11.1 Å². The van der Waals surface area contributed by atoms with Gasteiger partial charge in [0.25, 0.3) is 0 Å².